The summed E-state index contributed by atoms with van der Waals surface area (Å²) in [6, 6.07) is 12.7. The van der Waals surface area contributed by atoms with Gasteiger partial charge in [0.1, 0.15) is 0 Å². The molecule has 0 radical (unpaired) electrons. The second-order valence-electron chi connectivity index (χ2n) is 5.75. The number of carbonyl (C=O) groups is 1. The van der Waals surface area contributed by atoms with E-state index >= 15 is 0 Å². The fourth-order valence-electron chi connectivity index (χ4n) is 2.90. The second-order valence-corrected chi connectivity index (χ2v) is 6.16. The Kier molecular flexibility index (Phi) is 3.75. The van der Waals surface area contributed by atoms with Gasteiger partial charge >= 0.3 is 0 Å². The first kappa shape index (κ1) is 15.4. The summed E-state index contributed by atoms with van der Waals surface area (Å²) in [5.41, 5.74) is 3.73. The Hall–Kier alpha value is -2.51. The van der Waals surface area contributed by atoms with Crippen molar-refractivity contribution in [2.24, 2.45) is 0 Å². The lowest BCUT2D eigenvalue weighted by Crippen LogP contribution is -2.27. The molecule has 0 aliphatic carbocycles. The molecule has 23 heavy (non-hydrogen) atoms. The fraction of sp³-hybridized carbons (Fsp3) is 0.222. The highest BCUT2D eigenvalue weighted by atomic mass is 35.5. The minimum atomic E-state index is -0.626. The zero-order valence-corrected chi connectivity index (χ0v) is 13.9. The molecular weight excluding hydrogens is 310 g/mol. The van der Waals surface area contributed by atoms with E-state index in [9.17, 15) is 10.1 Å². The van der Waals surface area contributed by atoms with Gasteiger partial charge in [-0.1, -0.05) is 17.7 Å². The summed E-state index contributed by atoms with van der Waals surface area (Å²) in [6.07, 6.45) is 0. The number of hydrogen-bond donors (Lipinski definition) is 0. The highest BCUT2D eigenvalue weighted by molar-refractivity contribution is 6.32. The Bertz CT molecular complexity index is 821. The molecule has 1 heterocycles. The lowest BCUT2D eigenvalue weighted by Gasteiger charge is -2.21. The van der Waals surface area contributed by atoms with E-state index in [0.29, 0.717) is 16.3 Å². The summed E-state index contributed by atoms with van der Waals surface area (Å²) >= 11 is 6.14. The van der Waals surface area contributed by atoms with Gasteiger partial charge in [-0.2, -0.15) is 5.26 Å². The predicted molar refractivity (Wildman–Crippen MR) is 92.1 cm³/mol. The predicted octanol–water partition coefficient (Wildman–Crippen LogP) is 3.94. The Labute approximate surface area is 140 Å². The molecule has 1 atom stereocenters. The number of benzene rings is 2. The number of fused-ring (bicyclic) bond motifs is 1. The molecule has 2 aromatic carbocycles. The van der Waals surface area contributed by atoms with Crippen LogP contribution in [0, 0.1) is 18.3 Å². The molecule has 0 saturated heterocycles. The molecule has 0 saturated carbocycles. The topological polar surface area (TPSA) is 47.3 Å². The van der Waals surface area contributed by atoms with Crippen LogP contribution in [-0.2, 0) is 0 Å². The number of anilines is 2. The average Bonchev–Trinajstić information content (AvgIpc) is 2.83. The SMILES string of the molecule is Cc1c(Cl)ccc2c1C(=O)N(c1ccc(N(C)C)cc1)C2C#N. The highest BCUT2D eigenvalue weighted by Crippen LogP contribution is 2.40. The van der Waals surface area contributed by atoms with Gasteiger partial charge in [0.15, 0.2) is 6.04 Å². The summed E-state index contributed by atoms with van der Waals surface area (Å²) in [7, 11) is 3.91. The Morgan fingerprint density at radius 1 is 1.17 bits per heavy atom. The van der Waals surface area contributed by atoms with Crippen LogP contribution in [0.4, 0.5) is 11.4 Å². The van der Waals surface area contributed by atoms with Crippen LogP contribution < -0.4 is 9.80 Å². The molecule has 116 valence electrons. The maximum Gasteiger partial charge on any atom is 0.260 e. The van der Waals surface area contributed by atoms with Crippen molar-refractivity contribution in [3.05, 3.63) is 58.1 Å². The number of halogens is 1. The van der Waals surface area contributed by atoms with Gasteiger partial charge in [-0.05, 0) is 42.8 Å². The normalized spacial score (nSPS) is 16.2. The minimum absolute atomic E-state index is 0.177. The monoisotopic (exact) mass is 325 g/mol. The van der Waals surface area contributed by atoms with Gasteiger partial charge in [0, 0.05) is 36.1 Å². The molecule has 1 unspecified atom stereocenters. The van der Waals surface area contributed by atoms with Crippen LogP contribution in [0.15, 0.2) is 36.4 Å². The van der Waals surface area contributed by atoms with Crippen LogP contribution in [0.3, 0.4) is 0 Å². The van der Waals surface area contributed by atoms with Crippen molar-refractivity contribution in [1.82, 2.24) is 0 Å². The van der Waals surface area contributed by atoms with Crippen LogP contribution in [-0.4, -0.2) is 20.0 Å². The van der Waals surface area contributed by atoms with Gasteiger partial charge in [0.05, 0.1) is 11.6 Å². The minimum Gasteiger partial charge on any atom is -0.378 e. The summed E-state index contributed by atoms with van der Waals surface area (Å²) in [4.78, 5) is 16.4. The molecule has 0 bridgehead atoms. The molecule has 0 N–H and O–H groups in total. The number of nitrogens with zero attached hydrogens (tertiary/aromatic N) is 3. The molecule has 1 amide bonds. The van der Waals surface area contributed by atoms with Crippen LogP contribution >= 0.6 is 11.6 Å². The van der Waals surface area contributed by atoms with Crippen molar-refractivity contribution in [1.29, 1.82) is 5.26 Å². The third kappa shape index (κ3) is 2.34. The first-order valence-corrected chi connectivity index (χ1v) is 7.63. The lowest BCUT2D eigenvalue weighted by molar-refractivity contribution is 0.0994. The largest absolute Gasteiger partial charge is 0.378 e. The number of hydrogen-bond acceptors (Lipinski definition) is 3. The van der Waals surface area contributed by atoms with E-state index < -0.39 is 6.04 Å². The molecule has 0 fully saturated rings. The van der Waals surface area contributed by atoms with E-state index in [2.05, 4.69) is 6.07 Å². The van der Waals surface area contributed by atoms with Gasteiger partial charge in [0.25, 0.3) is 5.91 Å². The molecule has 0 aromatic heterocycles. The summed E-state index contributed by atoms with van der Waals surface area (Å²) < 4.78 is 0. The second kappa shape index (κ2) is 5.60. The van der Waals surface area contributed by atoms with E-state index in [1.165, 1.54) is 4.90 Å². The molecular formula is C18H16ClN3O. The number of amides is 1. The molecule has 0 spiro atoms. The van der Waals surface area contributed by atoms with Crippen molar-refractivity contribution in [3.63, 3.8) is 0 Å². The Morgan fingerprint density at radius 2 is 1.83 bits per heavy atom. The van der Waals surface area contributed by atoms with Crippen LogP contribution in [0.5, 0.6) is 0 Å². The number of nitriles is 1. The van der Waals surface area contributed by atoms with E-state index in [1.54, 1.807) is 12.1 Å². The van der Waals surface area contributed by atoms with Crippen molar-refractivity contribution < 1.29 is 4.79 Å². The third-order valence-corrected chi connectivity index (χ3v) is 4.59. The Balaban J connectivity index is 2.09. The first-order valence-electron chi connectivity index (χ1n) is 7.25. The lowest BCUT2D eigenvalue weighted by atomic mass is 10.0. The highest BCUT2D eigenvalue weighted by Gasteiger charge is 2.39. The van der Waals surface area contributed by atoms with E-state index in [0.717, 1.165) is 16.8 Å². The Morgan fingerprint density at radius 3 is 2.39 bits per heavy atom. The van der Waals surface area contributed by atoms with Crippen molar-refractivity contribution in [2.75, 3.05) is 23.9 Å². The maximum absolute atomic E-state index is 12.9. The number of carbonyl (C=O) groups excluding carboxylic acids is 1. The third-order valence-electron chi connectivity index (χ3n) is 4.18. The zero-order valence-electron chi connectivity index (χ0n) is 13.2. The van der Waals surface area contributed by atoms with Gasteiger partial charge in [-0.15, -0.1) is 0 Å². The van der Waals surface area contributed by atoms with Gasteiger partial charge < -0.3 is 4.90 Å². The van der Waals surface area contributed by atoms with Crippen LogP contribution in [0.2, 0.25) is 5.02 Å². The number of rotatable bonds is 2. The molecule has 2 aromatic rings. The standard InChI is InChI=1S/C18H16ClN3O/c1-11-15(19)9-8-14-16(10-20)22(18(23)17(11)14)13-6-4-12(5-7-13)21(2)3/h4-9,16H,1-3H3. The average molecular weight is 326 g/mol. The molecule has 1 aliphatic rings. The molecule has 4 nitrogen and oxygen atoms in total. The van der Waals surface area contributed by atoms with Gasteiger partial charge in [0.2, 0.25) is 0 Å². The quantitative estimate of drug-likeness (QED) is 0.840. The smallest absolute Gasteiger partial charge is 0.260 e. The molecule has 3 rings (SSSR count). The van der Waals surface area contributed by atoms with Crippen molar-refractivity contribution in [3.8, 4) is 6.07 Å². The van der Waals surface area contributed by atoms with Crippen molar-refractivity contribution >= 4 is 28.9 Å². The molecule has 5 heteroatoms. The first-order chi connectivity index (χ1) is 11.0. The fourth-order valence-corrected chi connectivity index (χ4v) is 3.06. The summed E-state index contributed by atoms with van der Waals surface area (Å²) in [6.45, 7) is 1.81. The van der Waals surface area contributed by atoms with Gasteiger partial charge in [-0.25, -0.2) is 0 Å². The van der Waals surface area contributed by atoms with E-state index in [-0.39, 0.29) is 5.91 Å². The van der Waals surface area contributed by atoms with Crippen LogP contribution in [0.25, 0.3) is 0 Å². The van der Waals surface area contributed by atoms with Crippen molar-refractivity contribution in [2.45, 2.75) is 13.0 Å². The van der Waals surface area contributed by atoms with E-state index in [4.69, 9.17) is 11.6 Å². The van der Waals surface area contributed by atoms with Crippen LogP contribution in [0.1, 0.15) is 27.5 Å². The maximum atomic E-state index is 12.9. The zero-order chi connectivity index (χ0) is 16.7. The summed E-state index contributed by atoms with van der Waals surface area (Å²) in [5, 5.41) is 10.1. The van der Waals surface area contributed by atoms with Gasteiger partial charge in [-0.3, -0.25) is 9.69 Å². The molecule has 1 aliphatic heterocycles. The summed E-state index contributed by atoms with van der Waals surface area (Å²) in [5.74, 6) is -0.177. The van der Waals surface area contributed by atoms with E-state index in [1.807, 2.05) is 50.2 Å².